The van der Waals surface area contributed by atoms with E-state index in [-0.39, 0.29) is 22.4 Å². The molecule has 3 N–H and O–H groups in total. The Morgan fingerprint density at radius 3 is 2.64 bits per heavy atom. The van der Waals surface area contributed by atoms with Crippen molar-refractivity contribution in [3.05, 3.63) is 22.9 Å². The van der Waals surface area contributed by atoms with Crippen molar-refractivity contribution in [2.75, 3.05) is 5.73 Å². The number of aliphatic hydroxyl groups is 1. The number of pyridine rings is 1. The molecule has 0 aromatic carbocycles. The Morgan fingerprint density at radius 1 is 1.57 bits per heavy atom. The first kappa shape index (κ1) is 11.3. The monoisotopic (exact) mass is 266 g/mol. The maximum atomic E-state index is 12.6. The summed E-state index contributed by atoms with van der Waals surface area (Å²) in [6.07, 6.45) is -2.65. The molecule has 0 spiro atoms. The zero-order valence-corrected chi connectivity index (χ0v) is 8.76. The van der Waals surface area contributed by atoms with E-state index in [9.17, 15) is 8.78 Å². The summed E-state index contributed by atoms with van der Waals surface area (Å²) in [5.41, 5.74) is 5.45. The highest BCUT2D eigenvalue weighted by Gasteiger charge is 2.18. The van der Waals surface area contributed by atoms with Crippen LogP contribution in [-0.2, 0) is 11.9 Å². The van der Waals surface area contributed by atoms with Gasteiger partial charge in [-0.05, 0) is 11.6 Å². The van der Waals surface area contributed by atoms with Gasteiger partial charge in [0, 0.05) is 10.9 Å². The van der Waals surface area contributed by atoms with E-state index in [1.807, 2.05) is 0 Å². The second kappa shape index (κ2) is 4.65. The molecule has 1 aromatic heterocycles. The summed E-state index contributed by atoms with van der Waals surface area (Å²) < 4.78 is 25.2. The van der Waals surface area contributed by atoms with Gasteiger partial charge >= 0.3 is 0 Å². The molecule has 14 heavy (non-hydrogen) atoms. The minimum atomic E-state index is -2.65. The van der Waals surface area contributed by atoms with Gasteiger partial charge in [-0.15, -0.1) is 0 Å². The molecule has 0 aliphatic carbocycles. The first-order valence-corrected chi connectivity index (χ1v) is 4.95. The SMILES string of the molecule is Nc1cc(CBr)c(C(F)F)c(CO)n1. The van der Waals surface area contributed by atoms with Gasteiger partial charge in [0.25, 0.3) is 6.43 Å². The Labute approximate surface area is 88.1 Å². The minimum Gasteiger partial charge on any atom is -0.390 e. The van der Waals surface area contributed by atoms with Gasteiger partial charge in [-0.2, -0.15) is 0 Å². The summed E-state index contributed by atoms with van der Waals surface area (Å²) in [4.78, 5) is 3.65. The van der Waals surface area contributed by atoms with Crippen molar-refractivity contribution in [1.29, 1.82) is 0 Å². The Kier molecular flexibility index (Phi) is 3.77. The largest absolute Gasteiger partial charge is 0.390 e. The van der Waals surface area contributed by atoms with Gasteiger partial charge < -0.3 is 10.8 Å². The van der Waals surface area contributed by atoms with Gasteiger partial charge in [-0.3, -0.25) is 0 Å². The molecule has 1 aromatic rings. The normalized spacial score (nSPS) is 10.9. The van der Waals surface area contributed by atoms with Gasteiger partial charge in [0.1, 0.15) is 5.82 Å². The van der Waals surface area contributed by atoms with E-state index >= 15 is 0 Å². The smallest absolute Gasteiger partial charge is 0.265 e. The predicted octanol–water partition coefficient (Wildman–Crippen LogP) is 1.99. The van der Waals surface area contributed by atoms with Crippen molar-refractivity contribution < 1.29 is 13.9 Å². The number of anilines is 1. The molecule has 0 atom stereocenters. The van der Waals surface area contributed by atoms with E-state index in [0.29, 0.717) is 5.56 Å². The molecule has 0 saturated heterocycles. The molecule has 0 saturated carbocycles. The van der Waals surface area contributed by atoms with Crippen LogP contribution in [0.4, 0.5) is 14.6 Å². The van der Waals surface area contributed by atoms with E-state index in [2.05, 4.69) is 20.9 Å². The lowest BCUT2D eigenvalue weighted by Gasteiger charge is -2.11. The lowest BCUT2D eigenvalue weighted by molar-refractivity contribution is 0.145. The Bertz CT molecular complexity index is 308. The standard InChI is InChI=1S/C8H9BrF2N2O/c9-2-4-1-6(12)13-5(3-14)7(4)8(10)11/h1,8,14H,2-3H2,(H2,12,13). The van der Waals surface area contributed by atoms with Crippen LogP contribution in [0.3, 0.4) is 0 Å². The van der Waals surface area contributed by atoms with Crippen molar-refractivity contribution in [1.82, 2.24) is 4.98 Å². The lowest BCUT2D eigenvalue weighted by Crippen LogP contribution is -2.05. The molecule has 0 fully saturated rings. The van der Waals surface area contributed by atoms with Crippen LogP contribution >= 0.6 is 15.9 Å². The van der Waals surface area contributed by atoms with Crippen LogP contribution in [-0.4, -0.2) is 10.1 Å². The average Bonchev–Trinajstić information content (AvgIpc) is 2.15. The Balaban J connectivity index is 3.33. The van der Waals surface area contributed by atoms with Gasteiger partial charge in [-0.25, -0.2) is 13.8 Å². The minimum absolute atomic E-state index is 0.0607. The second-order valence-electron chi connectivity index (χ2n) is 2.66. The molecule has 0 aliphatic rings. The number of hydrogen-bond donors (Lipinski definition) is 2. The van der Waals surface area contributed by atoms with Crippen molar-refractivity contribution in [3.63, 3.8) is 0 Å². The van der Waals surface area contributed by atoms with Gasteiger partial charge in [0.2, 0.25) is 0 Å². The Morgan fingerprint density at radius 2 is 2.21 bits per heavy atom. The van der Waals surface area contributed by atoms with Crippen LogP contribution in [0.5, 0.6) is 0 Å². The topological polar surface area (TPSA) is 59.1 Å². The van der Waals surface area contributed by atoms with Crippen LogP contribution in [0, 0.1) is 0 Å². The first-order chi connectivity index (χ1) is 6.60. The fraction of sp³-hybridized carbons (Fsp3) is 0.375. The van der Waals surface area contributed by atoms with E-state index in [4.69, 9.17) is 10.8 Å². The van der Waals surface area contributed by atoms with E-state index in [0.717, 1.165) is 0 Å². The van der Waals surface area contributed by atoms with Crippen LogP contribution in [0.2, 0.25) is 0 Å². The molecular weight excluding hydrogens is 258 g/mol. The number of nitrogen functional groups attached to an aromatic ring is 1. The summed E-state index contributed by atoms with van der Waals surface area (Å²) in [6.45, 7) is -0.537. The van der Waals surface area contributed by atoms with Crippen molar-refractivity contribution in [3.8, 4) is 0 Å². The number of alkyl halides is 3. The number of halogens is 3. The van der Waals surface area contributed by atoms with Crippen molar-refractivity contribution in [2.24, 2.45) is 0 Å². The number of nitrogens with zero attached hydrogens (tertiary/aromatic N) is 1. The lowest BCUT2D eigenvalue weighted by atomic mass is 10.1. The average molecular weight is 267 g/mol. The molecule has 1 heterocycles. The summed E-state index contributed by atoms with van der Waals surface area (Å²) in [7, 11) is 0. The quantitative estimate of drug-likeness (QED) is 0.823. The first-order valence-electron chi connectivity index (χ1n) is 3.83. The molecular formula is C8H9BrF2N2O. The number of nitrogens with two attached hydrogens (primary N) is 1. The fourth-order valence-corrected chi connectivity index (χ4v) is 1.65. The highest BCUT2D eigenvalue weighted by molar-refractivity contribution is 9.08. The van der Waals surface area contributed by atoms with Crippen molar-refractivity contribution >= 4 is 21.7 Å². The molecule has 0 unspecified atom stereocenters. The predicted molar refractivity (Wildman–Crippen MR) is 52.2 cm³/mol. The van der Waals surface area contributed by atoms with Crippen LogP contribution in [0.15, 0.2) is 6.07 Å². The molecule has 0 bridgehead atoms. The van der Waals surface area contributed by atoms with Gasteiger partial charge in [0.15, 0.2) is 0 Å². The van der Waals surface area contributed by atoms with Gasteiger partial charge in [-0.1, -0.05) is 15.9 Å². The summed E-state index contributed by atoms with van der Waals surface area (Å²) >= 11 is 3.08. The fourth-order valence-electron chi connectivity index (χ4n) is 1.19. The van der Waals surface area contributed by atoms with Crippen molar-refractivity contribution in [2.45, 2.75) is 18.4 Å². The summed E-state index contributed by atoms with van der Waals surface area (Å²) in [5.74, 6) is 0.132. The molecule has 0 radical (unpaired) electrons. The number of aromatic nitrogens is 1. The molecule has 3 nitrogen and oxygen atoms in total. The third-order valence-corrected chi connectivity index (χ3v) is 2.36. The highest BCUT2D eigenvalue weighted by atomic mass is 79.9. The zero-order valence-electron chi connectivity index (χ0n) is 7.17. The van der Waals surface area contributed by atoms with Crippen LogP contribution < -0.4 is 5.73 Å². The van der Waals surface area contributed by atoms with E-state index < -0.39 is 13.0 Å². The number of rotatable bonds is 3. The number of aliphatic hydroxyl groups excluding tert-OH is 1. The zero-order chi connectivity index (χ0) is 10.7. The third-order valence-electron chi connectivity index (χ3n) is 1.75. The molecule has 0 amide bonds. The number of hydrogen-bond acceptors (Lipinski definition) is 3. The molecule has 6 heteroatoms. The maximum Gasteiger partial charge on any atom is 0.265 e. The molecule has 78 valence electrons. The van der Waals surface area contributed by atoms with E-state index in [1.54, 1.807) is 0 Å². The summed E-state index contributed by atoms with van der Waals surface area (Å²) in [6, 6.07) is 1.37. The van der Waals surface area contributed by atoms with E-state index in [1.165, 1.54) is 6.07 Å². The van der Waals surface area contributed by atoms with Gasteiger partial charge in [0.05, 0.1) is 12.3 Å². The van der Waals surface area contributed by atoms with Crippen LogP contribution in [0.1, 0.15) is 23.2 Å². The second-order valence-corrected chi connectivity index (χ2v) is 3.22. The molecule has 0 aliphatic heterocycles. The highest BCUT2D eigenvalue weighted by Crippen LogP contribution is 2.28. The maximum absolute atomic E-state index is 12.6. The third kappa shape index (κ3) is 2.19. The Hall–Kier alpha value is -0.750. The van der Waals surface area contributed by atoms with Crippen LogP contribution in [0.25, 0.3) is 0 Å². The summed E-state index contributed by atoms with van der Waals surface area (Å²) in [5, 5.41) is 9.10. The molecule has 1 rings (SSSR count).